The second-order valence-corrected chi connectivity index (χ2v) is 3.80. The van der Waals surface area contributed by atoms with E-state index in [9.17, 15) is 5.11 Å². The number of hydrogen-bond acceptors (Lipinski definition) is 4. The Morgan fingerprint density at radius 3 is 2.29 bits per heavy atom. The van der Waals surface area contributed by atoms with E-state index in [-0.39, 0.29) is 5.75 Å². The molecule has 1 aromatic carbocycles. The maximum Gasteiger partial charge on any atom is 0.127 e. The highest BCUT2D eigenvalue weighted by Crippen LogP contribution is 2.34. The lowest BCUT2D eigenvalue weighted by atomic mass is 10.0. The van der Waals surface area contributed by atoms with Gasteiger partial charge in [-0.25, -0.2) is 9.97 Å². The molecule has 0 unspecified atom stereocenters. The maximum absolute atomic E-state index is 9.99. The van der Waals surface area contributed by atoms with Gasteiger partial charge in [-0.05, 0) is 26.0 Å². The molecule has 0 saturated heterocycles. The van der Waals surface area contributed by atoms with Gasteiger partial charge in [0.2, 0.25) is 0 Å². The van der Waals surface area contributed by atoms with Gasteiger partial charge in [0.25, 0.3) is 0 Å². The molecule has 2 rings (SSSR count). The van der Waals surface area contributed by atoms with Gasteiger partial charge in [0, 0.05) is 28.6 Å². The fraction of sp³-hybridized carbons (Fsp3) is 0.231. The molecule has 4 nitrogen and oxygen atoms in total. The molecule has 0 atom stereocenters. The third-order valence-electron chi connectivity index (χ3n) is 2.70. The first-order valence-electron chi connectivity index (χ1n) is 5.29. The van der Waals surface area contributed by atoms with E-state index in [0.717, 1.165) is 22.5 Å². The minimum Gasteiger partial charge on any atom is -0.507 e. The molecule has 0 spiro atoms. The highest BCUT2D eigenvalue weighted by molar-refractivity contribution is 5.74. The molecule has 2 aromatic rings. The largest absolute Gasteiger partial charge is 0.507 e. The van der Waals surface area contributed by atoms with E-state index in [1.165, 1.54) is 6.33 Å². The normalized spacial score (nSPS) is 10.3. The van der Waals surface area contributed by atoms with E-state index in [4.69, 9.17) is 4.74 Å². The van der Waals surface area contributed by atoms with Crippen molar-refractivity contribution >= 4 is 0 Å². The Morgan fingerprint density at radius 1 is 1.12 bits per heavy atom. The lowest BCUT2D eigenvalue weighted by Gasteiger charge is -2.10. The zero-order valence-corrected chi connectivity index (χ0v) is 10.1. The molecule has 0 aliphatic carbocycles. The molecule has 0 radical (unpaired) electrons. The first-order chi connectivity index (χ1) is 8.13. The Labute approximate surface area is 99.9 Å². The van der Waals surface area contributed by atoms with Gasteiger partial charge in [0.05, 0.1) is 7.11 Å². The summed E-state index contributed by atoms with van der Waals surface area (Å²) in [7, 11) is 1.57. The second kappa shape index (κ2) is 4.41. The van der Waals surface area contributed by atoms with Crippen molar-refractivity contribution in [3.8, 4) is 22.6 Å². The number of aryl methyl sites for hydroxylation is 2. The molecule has 0 bridgehead atoms. The van der Waals surface area contributed by atoms with Crippen molar-refractivity contribution in [1.29, 1.82) is 0 Å². The van der Waals surface area contributed by atoms with Crippen LogP contribution >= 0.6 is 0 Å². The van der Waals surface area contributed by atoms with Gasteiger partial charge in [-0.15, -0.1) is 0 Å². The minimum absolute atomic E-state index is 0.172. The molecule has 17 heavy (non-hydrogen) atoms. The third-order valence-corrected chi connectivity index (χ3v) is 2.70. The number of benzene rings is 1. The van der Waals surface area contributed by atoms with Gasteiger partial charge in [-0.1, -0.05) is 0 Å². The van der Waals surface area contributed by atoms with Crippen LogP contribution in [0.25, 0.3) is 11.1 Å². The lowest BCUT2D eigenvalue weighted by molar-refractivity contribution is 0.408. The fourth-order valence-electron chi connectivity index (χ4n) is 1.83. The predicted molar refractivity (Wildman–Crippen MR) is 65.2 cm³/mol. The summed E-state index contributed by atoms with van der Waals surface area (Å²) in [4.78, 5) is 8.29. The SMILES string of the molecule is COc1ccc(-c2c(C)ncnc2C)c(O)c1. The van der Waals surface area contributed by atoms with Crippen LogP contribution in [0.2, 0.25) is 0 Å². The van der Waals surface area contributed by atoms with Crippen molar-refractivity contribution < 1.29 is 9.84 Å². The van der Waals surface area contributed by atoms with E-state index in [2.05, 4.69) is 9.97 Å². The number of methoxy groups -OCH3 is 1. The van der Waals surface area contributed by atoms with E-state index in [1.807, 2.05) is 19.9 Å². The van der Waals surface area contributed by atoms with Crippen LogP contribution in [-0.2, 0) is 0 Å². The van der Waals surface area contributed by atoms with Crippen LogP contribution in [0.15, 0.2) is 24.5 Å². The van der Waals surface area contributed by atoms with Crippen LogP contribution in [0.5, 0.6) is 11.5 Å². The number of aromatic hydroxyl groups is 1. The Morgan fingerprint density at radius 2 is 1.76 bits per heavy atom. The standard InChI is InChI=1S/C13H14N2O2/c1-8-13(9(2)15-7-14-8)11-5-4-10(17-3)6-12(11)16/h4-7,16H,1-3H3. The molecule has 0 amide bonds. The van der Waals surface area contributed by atoms with Crippen LogP contribution in [0, 0.1) is 13.8 Å². The summed E-state index contributed by atoms with van der Waals surface area (Å²) in [6.45, 7) is 3.79. The Balaban J connectivity index is 2.61. The van der Waals surface area contributed by atoms with E-state index >= 15 is 0 Å². The van der Waals surface area contributed by atoms with Crippen LogP contribution in [0.3, 0.4) is 0 Å². The summed E-state index contributed by atoms with van der Waals surface area (Å²) in [5.74, 6) is 0.795. The molecule has 4 heteroatoms. The summed E-state index contributed by atoms with van der Waals surface area (Å²) < 4.78 is 5.06. The fourth-order valence-corrected chi connectivity index (χ4v) is 1.83. The summed E-state index contributed by atoms with van der Waals surface area (Å²) in [5.41, 5.74) is 3.28. The molecule has 88 valence electrons. The number of rotatable bonds is 2. The molecular weight excluding hydrogens is 216 g/mol. The number of aromatic nitrogens is 2. The van der Waals surface area contributed by atoms with Crippen molar-refractivity contribution in [2.24, 2.45) is 0 Å². The van der Waals surface area contributed by atoms with Gasteiger partial charge >= 0.3 is 0 Å². The zero-order valence-electron chi connectivity index (χ0n) is 10.1. The average Bonchev–Trinajstić information content (AvgIpc) is 2.30. The van der Waals surface area contributed by atoms with E-state index < -0.39 is 0 Å². The van der Waals surface area contributed by atoms with E-state index in [0.29, 0.717) is 5.75 Å². The first-order valence-corrected chi connectivity index (χ1v) is 5.29. The molecule has 0 fully saturated rings. The van der Waals surface area contributed by atoms with Gasteiger partial charge in [-0.2, -0.15) is 0 Å². The van der Waals surface area contributed by atoms with Crippen molar-refractivity contribution in [2.45, 2.75) is 13.8 Å². The molecule has 1 N–H and O–H groups in total. The molecule has 1 heterocycles. The van der Waals surface area contributed by atoms with E-state index in [1.54, 1.807) is 19.2 Å². The third kappa shape index (κ3) is 2.06. The average molecular weight is 230 g/mol. The molecule has 1 aromatic heterocycles. The quantitative estimate of drug-likeness (QED) is 0.861. The van der Waals surface area contributed by atoms with Crippen molar-refractivity contribution in [1.82, 2.24) is 9.97 Å². The highest BCUT2D eigenvalue weighted by atomic mass is 16.5. The molecule has 0 aliphatic rings. The van der Waals surface area contributed by atoms with Gasteiger partial charge in [0.1, 0.15) is 17.8 Å². The Bertz CT molecular complexity index is 533. The van der Waals surface area contributed by atoms with Crippen LogP contribution in [-0.4, -0.2) is 22.2 Å². The van der Waals surface area contributed by atoms with Crippen LogP contribution in [0.4, 0.5) is 0 Å². The van der Waals surface area contributed by atoms with Gasteiger partial charge < -0.3 is 9.84 Å². The maximum atomic E-state index is 9.99. The summed E-state index contributed by atoms with van der Waals surface area (Å²) in [6, 6.07) is 5.20. The van der Waals surface area contributed by atoms with Crippen molar-refractivity contribution in [2.75, 3.05) is 7.11 Å². The van der Waals surface area contributed by atoms with Crippen molar-refractivity contribution in [3.63, 3.8) is 0 Å². The minimum atomic E-state index is 0.172. The van der Waals surface area contributed by atoms with Crippen molar-refractivity contribution in [3.05, 3.63) is 35.9 Å². The topological polar surface area (TPSA) is 55.2 Å². The Hall–Kier alpha value is -2.10. The molecule has 0 saturated carbocycles. The predicted octanol–water partition coefficient (Wildman–Crippen LogP) is 2.47. The number of phenols is 1. The number of hydrogen-bond donors (Lipinski definition) is 1. The Kier molecular flexibility index (Phi) is 2.95. The zero-order chi connectivity index (χ0) is 12.4. The lowest BCUT2D eigenvalue weighted by Crippen LogP contribution is -1.95. The molecular formula is C13H14N2O2. The monoisotopic (exact) mass is 230 g/mol. The summed E-state index contributed by atoms with van der Waals surface area (Å²) in [5, 5.41) is 9.99. The first kappa shape index (κ1) is 11.4. The smallest absolute Gasteiger partial charge is 0.127 e. The number of ether oxygens (including phenoxy) is 1. The number of nitrogens with zero attached hydrogens (tertiary/aromatic N) is 2. The summed E-state index contributed by atoms with van der Waals surface area (Å²) >= 11 is 0. The van der Waals surface area contributed by atoms with Gasteiger partial charge in [-0.3, -0.25) is 0 Å². The van der Waals surface area contributed by atoms with Crippen LogP contribution < -0.4 is 4.74 Å². The highest BCUT2D eigenvalue weighted by Gasteiger charge is 2.12. The summed E-state index contributed by atoms with van der Waals surface area (Å²) in [6.07, 6.45) is 1.52. The molecule has 0 aliphatic heterocycles. The number of phenolic OH excluding ortho intramolecular Hbond substituents is 1. The van der Waals surface area contributed by atoms with Crippen LogP contribution in [0.1, 0.15) is 11.4 Å². The second-order valence-electron chi connectivity index (χ2n) is 3.80. The van der Waals surface area contributed by atoms with Gasteiger partial charge in [0.15, 0.2) is 0 Å².